The molecule has 0 spiro atoms. The predicted molar refractivity (Wildman–Crippen MR) is 114 cm³/mol. The van der Waals surface area contributed by atoms with Crippen molar-refractivity contribution in [3.8, 4) is 22.3 Å². The van der Waals surface area contributed by atoms with Crippen LogP contribution in [0.1, 0.15) is 45.5 Å². The lowest BCUT2D eigenvalue weighted by Gasteiger charge is -2.19. The summed E-state index contributed by atoms with van der Waals surface area (Å²) in [5.41, 5.74) is 0.414. The topological polar surface area (TPSA) is 100 Å². The van der Waals surface area contributed by atoms with Crippen LogP contribution in [-0.2, 0) is 16.0 Å². The summed E-state index contributed by atoms with van der Waals surface area (Å²) in [6.07, 6.45) is 0.125. The van der Waals surface area contributed by atoms with E-state index < -0.39 is 11.6 Å². The van der Waals surface area contributed by atoms with Gasteiger partial charge in [-0.05, 0) is 52.0 Å². The van der Waals surface area contributed by atoms with E-state index in [0.29, 0.717) is 16.8 Å². The quantitative estimate of drug-likeness (QED) is 0.391. The van der Waals surface area contributed by atoms with Crippen molar-refractivity contribution in [2.75, 3.05) is 0 Å². The SMILES string of the molecule is C=C(Cc1nc(-c2ccc(Oc3nnc(C)s3)cc2)no1)C(=O)OC(C)(C)C.CC. The summed E-state index contributed by atoms with van der Waals surface area (Å²) in [5, 5.41) is 13.1. The number of carbonyl (C=O) groups is 1. The van der Waals surface area contributed by atoms with Crippen molar-refractivity contribution >= 4 is 17.3 Å². The minimum absolute atomic E-state index is 0.125. The molecule has 0 aliphatic heterocycles. The van der Waals surface area contributed by atoms with Crippen LogP contribution in [0.4, 0.5) is 0 Å². The van der Waals surface area contributed by atoms with Crippen molar-refractivity contribution in [2.45, 2.75) is 53.6 Å². The Bertz CT molecular complexity index is 987. The maximum atomic E-state index is 12.0. The maximum absolute atomic E-state index is 12.0. The fraction of sp³-hybridized carbons (Fsp3) is 0.381. The minimum atomic E-state index is -0.586. The van der Waals surface area contributed by atoms with Gasteiger partial charge < -0.3 is 14.0 Å². The number of aromatic nitrogens is 4. The largest absolute Gasteiger partial charge is 0.457 e. The summed E-state index contributed by atoms with van der Waals surface area (Å²) in [5.74, 6) is 0.836. The van der Waals surface area contributed by atoms with Crippen molar-refractivity contribution in [1.29, 1.82) is 0 Å². The van der Waals surface area contributed by atoms with Crippen molar-refractivity contribution in [3.63, 3.8) is 0 Å². The van der Waals surface area contributed by atoms with Crippen LogP contribution >= 0.6 is 11.3 Å². The van der Waals surface area contributed by atoms with Crippen LogP contribution in [0.25, 0.3) is 11.4 Å². The van der Waals surface area contributed by atoms with Crippen LogP contribution in [0.15, 0.2) is 40.9 Å². The van der Waals surface area contributed by atoms with Crippen molar-refractivity contribution in [1.82, 2.24) is 20.3 Å². The van der Waals surface area contributed by atoms with Gasteiger partial charge in [-0.25, -0.2) is 4.79 Å². The molecule has 9 heteroatoms. The molecule has 0 saturated heterocycles. The van der Waals surface area contributed by atoms with E-state index in [1.165, 1.54) is 11.3 Å². The highest BCUT2D eigenvalue weighted by Crippen LogP contribution is 2.26. The summed E-state index contributed by atoms with van der Waals surface area (Å²) in [4.78, 5) is 16.3. The van der Waals surface area contributed by atoms with Gasteiger partial charge in [0, 0.05) is 11.1 Å². The number of hydrogen-bond acceptors (Lipinski definition) is 9. The van der Waals surface area contributed by atoms with Crippen LogP contribution in [0, 0.1) is 6.92 Å². The number of aryl methyl sites for hydroxylation is 1. The molecule has 0 unspecified atom stereocenters. The van der Waals surface area contributed by atoms with E-state index in [9.17, 15) is 4.79 Å². The third-order valence-corrected chi connectivity index (χ3v) is 4.06. The first-order valence-corrected chi connectivity index (χ1v) is 10.3. The summed E-state index contributed by atoms with van der Waals surface area (Å²) in [6.45, 7) is 15.0. The van der Waals surface area contributed by atoms with E-state index in [0.717, 1.165) is 10.6 Å². The van der Waals surface area contributed by atoms with Gasteiger partial charge in [0.05, 0.1) is 6.42 Å². The third-order valence-electron chi connectivity index (χ3n) is 3.35. The average Bonchev–Trinajstić information content (AvgIpc) is 3.32. The van der Waals surface area contributed by atoms with Crippen LogP contribution in [0.2, 0.25) is 0 Å². The Balaban J connectivity index is 0.00000155. The fourth-order valence-corrected chi connectivity index (χ4v) is 2.70. The second kappa shape index (κ2) is 10.1. The van der Waals surface area contributed by atoms with E-state index in [4.69, 9.17) is 14.0 Å². The van der Waals surface area contributed by atoms with Crippen LogP contribution in [0.3, 0.4) is 0 Å². The molecule has 0 aliphatic carbocycles. The zero-order valence-electron chi connectivity index (χ0n) is 18.1. The normalized spacial score (nSPS) is 10.7. The molecule has 0 aliphatic rings. The molecule has 8 nitrogen and oxygen atoms in total. The molecule has 0 fully saturated rings. The molecule has 1 aromatic carbocycles. The number of benzene rings is 1. The standard InChI is InChI=1S/C19H20N4O4S.C2H6/c1-11(17(24)26-19(3,4)5)10-15-20-16(23-27-15)13-6-8-14(9-7-13)25-18-22-21-12(2)28-18;1-2/h6-9H,1,10H2,2-5H3;1-2H3. The molecule has 3 aromatic rings. The van der Waals surface area contributed by atoms with Crippen molar-refractivity contribution in [2.24, 2.45) is 0 Å². The van der Waals surface area contributed by atoms with Gasteiger partial charge in [-0.1, -0.05) is 42.0 Å². The molecular formula is C21H26N4O4S. The van der Waals surface area contributed by atoms with Crippen LogP contribution in [-0.4, -0.2) is 31.9 Å². The van der Waals surface area contributed by atoms with E-state index >= 15 is 0 Å². The highest BCUT2D eigenvalue weighted by Gasteiger charge is 2.20. The molecule has 0 bridgehead atoms. The maximum Gasteiger partial charge on any atom is 0.334 e. The van der Waals surface area contributed by atoms with Gasteiger partial charge >= 0.3 is 5.97 Å². The number of carbonyl (C=O) groups excluding carboxylic acids is 1. The third kappa shape index (κ3) is 6.77. The fourth-order valence-electron chi connectivity index (χ4n) is 2.14. The summed E-state index contributed by atoms with van der Waals surface area (Å²) < 4.78 is 16.1. The van der Waals surface area contributed by atoms with Gasteiger partial charge in [0.15, 0.2) is 0 Å². The van der Waals surface area contributed by atoms with Gasteiger partial charge in [-0.2, -0.15) is 4.98 Å². The van der Waals surface area contributed by atoms with Crippen LogP contribution in [0.5, 0.6) is 10.9 Å². The Labute approximate surface area is 179 Å². The van der Waals surface area contributed by atoms with Gasteiger partial charge in [0.2, 0.25) is 11.7 Å². The first-order chi connectivity index (χ1) is 14.2. The Hall–Kier alpha value is -3.07. The minimum Gasteiger partial charge on any atom is -0.457 e. The number of rotatable bonds is 6. The molecule has 3 rings (SSSR count). The van der Waals surface area contributed by atoms with E-state index in [-0.39, 0.29) is 17.9 Å². The van der Waals surface area contributed by atoms with Crippen molar-refractivity contribution in [3.05, 3.63) is 47.3 Å². The molecule has 0 N–H and O–H groups in total. The Kier molecular flexibility index (Phi) is 7.82. The van der Waals surface area contributed by atoms with Gasteiger partial charge in [-0.15, -0.1) is 5.10 Å². The predicted octanol–water partition coefficient (Wildman–Crippen LogP) is 5.16. The first-order valence-electron chi connectivity index (χ1n) is 9.52. The second-order valence-corrected chi connectivity index (χ2v) is 8.15. The molecule has 2 heterocycles. The summed E-state index contributed by atoms with van der Waals surface area (Å²) in [6, 6.07) is 7.17. The number of nitrogens with zero attached hydrogens (tertiary/aromatic N) is 4. The molecule has 0 radical (unpaired) electrons. The number of ether oxygens (including phenoxy) is 2. The molecule has 2 aromatic heterocycles. The second-order valence-electron chi connectivity index (χ2n) is 7.01. The monoisotopic (exact) mass is 430 g/mol. The van der Waals surface area contributed by atoms with Gasteiger partial charge in [0.25, 0.3) is 5.19 Å². The lowest BCUT2D eigenvalue weighted by molar-refractivity contribution is -0.150. The molecule has 0 amide bonds. The Morgan fingerprint density at radius 2 is 1.83 bits per heavy atom. The average molecular weight is 431 g/mol. The first kappa shape index (κ1) is 23.2. The molecule has 0 atom stereocenters. The molecule has 160 valence electrons. The lowest BCUT2D eigenvalue weighted by Crippen LogP contribution is -2.25. The van der Waals surface area contributed by atoms with E-state index in [2.05, 4.69) is 26.9 Å². The van der Waals surface area contributed by atoms with Gasteiger partial charge in [-0.3, -0.25) is 0 Å². The Morgan fingerprint density at radius 1 is 1.17 bits per heavy atom. The molecular weight excluding hydrogens is 404 g/mol. The molecule has 30 heavy (non-hydrogen) atoms. The Morgan fingerprint density at radius 3 is 2.40 bits per heavy atom. The highest BCUT2D eigenvalue weighted by molar-refractivity contribution is 7.13. The molecule has 0 saturated carbocycles. The zero-order chi connectivity index (χ0) is 22.3. The van der Waals surface area contributed by atoms with E-state index in [1.807, 2.05) is 20.8 Å². The number of esters is 1. The lowest BCUT2D eigenvalue weighted by atomic mass is 10.1. The summed E-state index contributed by atoms with van der Waals surface area (Å²) in [7, 11) is 0. The van der Waals surface area contributed by atoms with Crippen LogP contribution < -0.4 is 4.74 Å². The highest BCUT2D eigenvalue weighted by atomic mass is 32.1. The van der Waals surface area contributed by atoms with Crippen molar-refractivity contribution < 1.29 is 18.8 Å². The van der Waals surface area contributed by atoms with Gasteiger partial charge in [0.1, 0.15) is 16.4 Å². The zero-order valence-corrected chi connectivity index (χ0v) is 18.9. The number of hydrogen-bond donors (Lipinski definition) is 0. The summed E-state index contributed by atoms with van der Waals surface area (Å²) >= 11 is 1.37. The smallest absolute Gasteiger partial charge is 0.334 e. The van der Waals surface area contributed by atoms with E-state index in [1.54, 1.807) is 45.0 Å².